The summed E-state index contributed by atoms with van der Waals surface area (Å²) < 4.78 is 15.8. The molecule has 0 radical (unpaired) electrons. The molecule has 2 aromatic rings. The Hall–Kier alpha value is -3.22. The van der Waals surface area contributed by atoms with Crippen LogP contribution in [0.2, 0.25) is 0 Å². The lowest BCUT2D eigenvalue weighted by Crippen LogP contribution is -2.42. The molecule has 0 heterocycles. The highest BCUT2D eigenvalue weighted by Gasteiger charge is 2.24. The maximum atomic E-state index is 12.3. The van der Waals surface area contributed by atoms with Gasteiger partial charge in [-0.05, 0) is 18.2 Å². The van der Waals surface area contributed by atoms with Crippen molar-refractivity contribution < 1.29 is 28.9 Å². The van der Waals surface area contributed by atoms with Crippen LogP contribution in [0.1, 0.15) is 15.9 Å². The maximum Gasteiger partial charge on any atom is 0.326 e. The Labute approximate surface area is 151 Å². The van der Waals surface area contributed by atoms with Crippen molar-refractivity contribution in [3.63, 3.8) is 0 Å². The molecule has 0 saturated heterocycles. The number of nitrogens with one attached hydrogen (secondary N) is 1. The molecule has 0 aliphatic carbocycles. The SMILES string of the molecule is COc1cc(OC)c(OC)cc1C[C@H](NC(=O)c1ccccc1)C(=O)O. The van der Waals surface area contributed by atoms with Gasteiger partial charge in [-0.2, -0.15) is 0 Å². The Bertz CT molecular complexity index is 775. The number of methoxy groups -OCH3 is 3. The molecule has 0 fully saturated rings. The van der Waals surface area contributed by atoms with Crippen molar-refractivity contribution in [2.75, 3.05) is 21.3 Å². The van der Waals surface area contributed by atoms with Crippen molar-refractivity contribution in [1.29, 1.82) is 0 Å². The molecule has 26 heavy (non-hydrogen) atoms. The van der Waals surface area contributed by atoms with Gasteiger partial charge in [0.1, 0.15) is 11.8 Å². The lowest BCUT2D eigenvalue weighted by atomic mass is 10.0. The van der Waals surface area contributed by atoms with E-state index in [9.17, 15) is 14.7 Å². The molecule has 0 saturated carbocycles. The van der Waals surface area contributed by atoms with Crippen LogP contribution >= 0.6 is 0 Å². The van der Waals surface area contributed by atoms with Crippen molar-refractivity contribution in [2.24, 2.45) is 0 Å². The first-order valence-corrected chi connectivity index (χ1v) is 7.87. The van der Waals surface area contributed by atoms with Gasteiger partial charge in [0.05, 0.1) is 21.3 Å². The monoisotopic (exact) mass is 359 g/mol. The molecular formula is C19H21NO6. The molecule has 1 amide bonds. The van der Waals surface area contributed by atoms with E-state index >= 15 is 0 Å². The highest BCUT2D eigenvalue weighted by molar-refractivity contribution is 5.96. The van der Waals surface area contributed by atoms with Crippen molar-refractivity contribution in [3.05, 3.63) is 53.6 Å². The molecule has 0 aromatic heterocycles. The highest BCUT2D eigenvalue weighted by Crippen LogP contribution is 2.35. The van der Waals surface area contributed by atoms with Crippen molar-refractivity contribution in [3.8, 4) is 17.2 Å². The third-order valence-electron chi connectivity index (χ3n) is 3.85. The van der Waals surface area contributed by atoms with Crippen LogP contribution in [0, 0.1) is 0 Å². The van der Waals surface area contributed by atoms with Crippen LogP contribution in [0.15, 0.2) is 42.5 Å². The number of carbonyl (C=O) groups is 2. The van der Waals surface area contributed by atoms with Crippen LogP contribution in [0.5, 0.6) is 17.2 Å². The molecule has 0 bridgehead atoms. The standard InChI is InChI=1S/C19H21NO6/c1-24-15-11-17(26-3)16(25-2)10-13(15)9-14(19(22)23)20-18(21)12-7-5-4-6-8-12/h4-8,10-11,14H,9H2,1-3H3,(H,20,21)(H,22,23)/t14-/m0/s1. The van der Waals surface area contributed by atoms with Crippen LogP contribution in [-0.2, 0) is 11.2 Å². The van der Waals surface area contributed by atoms with Crippen LogP contribution in [0.25, 0.3) is 0 Å². The van der Waals surface area contributed by atoms with E-state index in [1.165, 1.54) is 21.3 Å². The molecule has 7 heteroatoms. The number of hydrogen-bond acceptors (Lipinski definition) is 5. The quantitative estimate of drug-likeness (QED) is 0.750. The number of aliphatic carboxylic acids is 1. The number of carboxylic acid groups (broad SMARTS) is 1. The zero-order valence-corrected chi connectivity index (χ0v) is 14.8. The lowest BCUT2D eigenvalue weighted by Gasteiger charge is -2.18. The third kappa shape index (κ3) is 4.44. The van der Waals surface area contributed by atoms with Crippen LogP contribution in [0.3, 0.4) is 0 Å². The maximum absolute atomic E-state index is 12.3. The first kappa shape index (κ1) is 19.1. The molecule has 2 aromatic carbocycles. The molecule has 138 valence electrons. The molecule has 1 atom stereocenters. The van der Waals surface area contributed by atoms with Crippen molar-refractivity contribution >= 4 is 11.9 Å². The number of rotatable bonds is 8. The Balaban J connectivity index is 2.27. The van der Waals surface area contributed by atoms with Gasteiger partial charge in [-0.3, -0.25) is 4.79 Å². The first-order valence-electron chi connectivity index (χ1n) is 7.87. The molecular weight excluding hydrogens is 338 g/mol. The van der Waals surface area contributed by atoms with Gasteiger partial charge in [0.2, 0.25) is 0 Å². The zero-order chi connectivity index (χ0) is 19.1. The predicted molar refractivity (Wildman–Crippen MR) is 95.1 cm³/mol. The van der Waals surface area contributed by atoms with Gasteiger partial charge >= 0.3 is 5.97 Å². The van der Waals surface area contributed by atoms with Crippen LogP contribution in [-0.4, -0.2) is 44.4 Å². The van der Waals surface area contributed by atoms with E-state index in [1.54, 1.807) is 42.5 Å². The fraction of sp³-hybridized carbons (Fsp3) is 0.263. The molecule has 0 unspecified atom stereocenters. The fourth-order valence-electron chi connectivity index (χ4n) is 2.50. The molecule has 0 spiro atoms. The molecule has 0 aliphatic heterocycles. The summed E-state index contributed by atoms with van der Waals surface area (Å²) in [4.78, 5) is 23.9. The van der Waals surface area contributed by atoms with E-state index in [2.05, 4.69) is 5.32 Å². The number of benzene rings is 2. The average molecular weight is 359 g/mol. The number of amides is 1. The van der Waals surface area contributed by atoms with E-state index in [1.807, 2.05) is 0 Å². The van der Waals surface area contributed by atoms with Gasteiger partial charge < -0.3 is 24.6 Å². The number of carbonyl (C=O) groups excluding carboxylic acids is 1. The second-order valence-corrected chi connectivity index (χ2v) is 5.45. The summed E-state index contributed by atoms with van der Waals surface area (Å²) >= 11 is 0. The second kappa shape index (κ2) is 8.75. The summed E-state index contributed by atoms with van der Waals surface area (Å²) in [5.41, 5.74) is 0.962. The Morgan fingerprint density at radius 3 is 2.08 bits per heavy atom. The number of ether oxygens (including phenoxy) is 3. The minimum absolute atomic E-state index is 0.0252. The van der Waals surface area contributed by atoms with Gasteiger partial charge in [0, 0.05) is 23.6 Å². The molecule has 2 N–H and O–H groups in total. The Kier molecular flexibility index (Phi) is 6.43. The smallest absolute Gasteiger partial charge is 0.326 e. The van der Waals surface area contributed by atoms with E-state index in [0.29, 0.717) is 28.4 Å². The summed E-state index contributed by atoms with van der Waals surface area (Å²) in [6.45, 7) is 0. The topological polar surface area (TPSA) is 94.1 Å². The number of hydrogen-bond donors (Lipinski definition) is 2. The molecule has 7 nitrogen and oxygen atoms in total. The summed E-state index contributed by atoms with van der Waals surface area (Å²) in [7, 11) is 4.46. The Morgan fingerprint density at radius 2 is 1.54 bits per heavy atom. The van der Waals surface area contributed by atoms with E-state index in [-0.39, 0.29) is 6.42 Å². The molecule has 2 rings (SSSR count). The largest absolute Gasteiger partial charge is 0.496 e. The van der Waals surface area contributed by atoms with Gasteiger partial charge in [-0.1, -0.05) is 18.2 Å². The minimum atomic E-state index is -1.15. The van der Waals surface area contributed by atoms with Crippen molar-refractivity contribution in [1.82, 2.24) is 5.32 Å². The lowest BCUT2D eigenvalue weighted by molar-refractivity contribution is -0.139. The van der Waals surface area contributed by atoms with Gasteiger partial charge in [-0.15, -0.1) is 0 Å². The summed E-state index contributed by atoms with van der Waals surface area (Å²) in [5.74, 6) is -0.249. The van der Waals surface area contributed by atoms with Crippen LogP contribution < -0.4 is 19.5 Å². The number of carboxylic acids is 1. The first-order chi connectivity index (χ1) is 12.5. The van der Waals surface area contributed by atoms with Gasteiger partial charge in [0.25, 0.3) is 5.91 Å². The summed E-state index contributed by atoms with van der Waals surface area (Å²) in [6, 6.07) is 10.6. The zero-order valence-electron chi connectivity index (χ0n) is 14.8. The molecule has 0 aliphatic rings. The van der Waals surface area contributed by atoms with Crippen molar-refractivity contribution in [2.45, 2.75) is 12.5 Å². The predicted octanol–water partition coefficient (Wildman–Crippen LogP) is 2.14. The third-order valence-corrected chi connectivity index (χ3v) is 3.85. The van der Waals surface area contributed by atoms with E-state index in [0.717, 1.165) is 0 Å². The summed E-state index contributed by atoms with van der Waals surface area (Å²) in [5, 5.41) is 12.0. The van der Waals surface area contributed by atoms with Gasteiger partial charge in [-0.25, -0.2) is 4.79 Å². The highest BCUT2D eigenvalue weighted by atomic mass is 16.5. The summed E-state index contributed by atoms with van der Waals surface area (Å²) in [6.07, 6.45) is 0.0252. The second-order valence-electron chi connectivity index (χ2n) is 5.45. The normalized spacial score (nSPS) is 11.3. The van der Waals surface area contributed by atoms with E-state index in [4.69, 9.17) is 14.2 Å². The fourth-order valence-corrected chi connectivity index (χ4v) is 2.50. The average Bonchev–Trinajstić information content (AvgIpc) is 2.67. The minimum Gasteiger partial charge on any atom is -0.496 e. The Morgan fingerprint density at radius 1 is 0.962 bits per heavy atom. The van der Waals surface area contributed by atoms with E-state index < -0.39 is 17.9 Å². The van der Waals surface area contributed by atoms with Gasteiger partial charge in [0.15, 0.2) is 11.5 Å². The van der Waals surface area contributed by atoms with Crippen LogP contribution in [0.4, 0.5) is 0 Å².